The lowest BCUT2D eigenvalue weighted by Gasteiger charge is -2.61. The van der Waals surface area contributed by atoms with E-state index in [4.69, 9.17) is 14.2 Å². The molecule has 0 radical (unpaired) electrons. The van der Waals surface area contributed by atoms with Gasteiger partial charge in [0.25, 0.3) is 0 Å². The van der Waals surface area contributed by atoms with Crippen LogP contribution in [0.2, 0.25) is 0 Å². The summed E-state index contributed by atoms with van der Waals surface area (Å²) in [6, 6.07) is 0. The molecule has 29 heavy (non-hydrogen) atoms. The second-order valence-electron chi connectivity index (χ2n) is 10.8. The van der Waals surface area contributed by atoms with E-state index in [1.165, 1.54) is 38.5 Å². The Hall–Kier alpha value is -0.450. The van der Waals surface area contributed by atoms with E-state index in [0.717, 1.165) is 30.6 Å². The van der Waals surface area contributed by atoms with E-state index in [2.05, 4.69) is 13.8 Å². The summed E-state index contributed by atoms with van der Waals surface area (Å²) in [7, 11) is 1.90. The molecule has 4 saturated carbocycles. The number of carbonyl (C=O) groups excluding carboxylic acids is 1. The first kappa shape index (κ1) is 21.8. The van der Waals surface area contributed by atoms with Gasteiger partial charge in [-0.05, 0) is 93.3 Å². The Morgan fingerprint density at radius 3 is 2.31 bits per heavy atom. The highest BCUT2D eigenvalue weighted by Crippen LogP contribution is 2.66. The Labute approximate surface area is 177 Å². The van der Waals surface area contributed by atoms with E-state index < -0.39 is 0 Å². The minimum absolute atomic E-state index is 0.0986. The van der Waals surface area contributed by atoms with Gasteiger partial charge in [0.05, 0.1) is 12.0 Å². The summed E-state index contributed by atoms with van der Waals surface area (Å²) < 4.78 is 17.7. The van der Waals surface area contributed by atoms with Crippen LogP contribution in [0.15, 0.2) is 0 Å². The van der Waals surface area contributed by atoms with Crippen LogP contribution in [0, 0.1) is 40.4 Å². The van der Waals surface area contributed by atoms with E-state index in [-0.39, 0.29) is 17.6 Å². The molecule has 0 N–H and O–H groups in total. The van der Waals surface area contributed by atoms with Crippen molar-refractivity contribution in [1.29, 1.82) is 0 Å². The first-order valence-electron chi connectivity index (χ1n) is 12.2. The van der Waals surface area contributed by atoms with Crippen LogP contribution in [-0.2, 0) is 19.0 Å². The fourth-order valence-corrected chi connectivity index (χ4v) is 8.37. The number of ether oxygens (including phenoxy) is 3. The Morgan fingerprint density at radius 1 is 0.966 bits per heavy atom. The van der Waals surface area contributed by atoms with Crippen molar-refractivity contribution in [1.82, 2.24) is 0 Å². The Kier molecular flexibility index (Phi) is 6.18. The molecular weight excluding hydrogens is 364 g/mol. The maximum absolute atomic E-state index is 13.1. The van der Waals surface area contributed by atoms with E-state index in [1.54, 1.807) is 0 Å². The van der Waals surface area contributed by atoms with Crippen molar-refractivity contribution < 1.29 is 19.0 Å². The molecule has 4 heteroatoms. The third kappa shape index (κ3) is 3.42. The largest absolute Gasteiger partial charge is 0.381 e. The average Bonchev–Trinajstić information content (AvgIpc) is 3.04. The predicted molar refractivity (Wildman–Crippen MR) is 113 cm³/mol. The molecule has 0 aliphatic heterocycles. The number of hydrogen-bond acceptors (Lipinski definition) is 4. The monoisotopic (exact) mass is 406 g/mol. The summed E-state index contributed by atoms with van der Waals surface area (Å²) in [4.78, 5) is 13.1. The molecule has 0 bridgehead atoms. The molecule has 0 aromatic rings. The van der Waals surface area contributed by atoms with Gasteiger partial charge in [0.2, 0.25) is 0 Å². The van der Waals surface area contributed by atoms with Crippen LogP contribution in [0.3, 0.4) is 0 Å². The number of hydrogen-bond donors (Lipinski definition) is 0. The quantitative estimate of drug-likeness (QED) is 0.566. The van der Waals surface area contributed by atoms with Gasteiger partial charge in [-0.25, -0.2) is 0 Å². The van der Waals surface area contributed by atoms with Gasteiger partial charge in [0, 0.05) is 26.7 Å². The Bertz CT molecular complexity index is 600. The molecule has 0 saturated heterocycles. The van der Waals surface area contributed by atoms with Crippen molar-refractivity contribution in [3.63, 3.8) is 0 Å². The van der Waals surface area contributed by atoms with E-state index in [1.807, 2.05) is 21.0 Å². The summed E-state index contributed by atoms with van der Waals surface area (Å²) in [5.41, 5.74) is 0.586. The summed E-state index contributed by atoms with van der Waals surface area (Å²) in [6.45, 7) is 10.2. The van der Waals surface area contributed by atoms with Crippen LogP contribution in [0.1, 0.15) is 79.1 Å². The van der Waals surface area contributed by atoms with Crippen LogP contribution >= 0.6 is 0 Å². The van der Waals surface area contributed by atoms with Gasteiger partial charge in [0.15, 0.2) is 6.29 Å². The third-order valence-electron chi connectivity index (χ3n) is 9.77. The fourth-order valence-electron chi connectivity index (χ4n) is 8.37. The number of methoxy groups -OCH3 is 1. The lowest BCUT2D eigenvalue weighted by atomic mass is 9.44. The minimum Gasteiger partial charge on any atom is -0.381 e. The number of Topliss-reactive ketones (excluding diaryl/α,β-unsaturated/α-hetero) is 1. The van der Waals surface area contributed by atoms with Crippen molar-refractivity contribution in [3.05, 3.63) is 0 Å². The standard InChI is InChI=1S/C25H42O4/c1-6-28-23(29-7-2)18-15-25(4)16(14-21(18)26)8-9-17-19-10-11-22(27-5)24(19,3)13-12-20(17)25/h16-20,22-23H,6-15H2,1-5H3/t16-,17-,18+,19-,20-,22-,24-,25-/m0/s1. The Morgan fingerprint density at radius 2 is 1.66 bits per heavy atom. The molecule has 4 aliphatic carbocycles. The van der Waals surface area contributed by atoms with Gasteiger partial charge in [-0.1, -0.05) is 13.8 Å². The fraction of sp³-hybridized carbons (Fsp3) is 0.960. The maximum atomic E-state index is 13.1. The van der Waals surface area contributed by atoms with Crippen molar-refractivity contribution in [2.75, 3.05) is 20.3 Å². The van der Waals surface area contributed by atoms with Crippen LogP contribution in [0.25, 0.3) is 0 Å². The van der Waals surface area contributed by atoms with Gasteiger partial charge in [-0.2, -0.15) is 0 Å². The molecule has 0 unspecified atom stereocenters. The SMILES string of the molecule is CCOC(OCC)[C@@H]1C[C@@]2(C)[C@@H](CC[C@@H]3[C@@H]2CC[C@]2(C)[C@@H](OC)CC[C@@H]32)CC1=O. The van der Waals surface area contributed by atoms with Crippen LogP contribution < -0.4 is 0 Å². The van der Waals surface area contributed by atoms with Gasteiger partial charge in [-0.3, -0.25) is 4.79 Å². The van der Waals surface area contributed by atoms with Crippen molar-refractivity contribution in [2.24, 2.45) is 40.4 Å². The van der Waals surface area contributed by atoms with Crippen LogP contribution in [0.4, 0.5) is 0 Å². The first-order valence-corrected chi connectivity index (χ1v) is 12.2. The Balaban J connectivity index is 1.58. The molecule has 8 atom stereocenters. The average molecular weight is 407 g/mol. The zero-order chi connectivity index (χ0) is 20.8. The molecule has 0 amide bonds. The molecule has 4 nitrogen and oxygen atoms in total. The second-order valence-corrected chi connectivity index (χ2v) is 10.8. The molecule has 0 aromatic heterocycles. The molecule has 4 rings (SSSR count). The molecule has 4 fully saturated rings. The van der Waals surface area contributed by atoms with Gasteiger partial charge < -0.3 is 14.2 Å². The molecule has 0 aromatic carbocycles. The number of fused-ring (bicyclic) bond motifs is 5. The molecular formula is C25H42O4. The number of carbonyl (C=O) groups is 1. The summed E-state index contributed by atoms with van der Waals surface area (Å²) in [5, 5.41) is 0. The highest BCUT2D eigenvalue weighted by Gasteiger charge is 2.61. The molecule has 0 spiro atoms. The van der Waals surface area contributed by atoms with E-state index >= 15 is 0 Å². The smallest absolute Gasteiger partial charge is 0.167 e. The van der Waals surface area contributed by atoms with Gasteiger partial charge in [-0.15, -0.1) is 0 Å². The normalized spacial score (nSPS) is 47.0. The highest BCUT2D eigenvalue weighted by atomic mass is 16.7. The minimum atomic E-state index is -0.367. The van der Waals surface area contributed by atoms with Crippen molar-refractivity contribution in [3.8, 4) is 0 Å². The number of rotatable bonds is 6. The zero-order valence-electron chi connectivity index (χ0n) is 19.2. The number of ketones is 1. The van der Waals surface area contributed by atoms with Gasteiger partial charge >= 0.3 is 0 Å². The van der Waals surface area contributed by atoms with Crippen LogP contribution in [0.5, 0.6) is 0 Å². The van der Waals surface area contributed by atoms with E-state index in [0.29, 0.717) is 36.4 Å². The van der Waals surface area contributed by atoms with E-state index in [9.17, 15) is 4.79 Å². The molecule has 4 aliphatic rings. The lowest BCUT2D eigenvalue weighted by molar-refractivity contribution is -0.200. The third-order valence-corrected chi connectivity index (χ3v) is 9.77. The zero-order valence-corrected chi connectivity index (χ0v) is 19.2. The summed E-state index contributed by atoms with van der Waals surface area (Å²) in [6.07, 6.45) is 9.36. The summed E-state index contributed by atoms with van der Waals surface area (Å²) >= 11 is 0. The van der Waals surface area contributed by atoms with Crippen molar-refractivity contribution in [2.45, 2.75) is 91.5 Å². The maximum Gasteiger partial charge on any atom is 0.167 e. The van der Waals surface area contributed by atoms with Gasteiger partial charge in [0.1, 0.15) is 5.78 Å². The lowest BCUT2D eigenvalue weighted by Crippen LogP contribution is -2.56. The second kappa shape index (κ2) is 8.24. The summed E-state index contributed by atoms with van der Waals surface area (Å²) in [5.74, 6) is 3.13. The molecule has 166 valence electrons. The molecule has 0 heterocycles. The first-order chi connectivity index (χ1) is 13.9. The topological polar surface area (TPSA) is 44.8 Å². The predicted octanol–water partition coefficient (Wildman–Crippen LogP) is 5.24. The van der Waals surface area contributed by atoms with Crippen molar-refractivity contribution >= 4 is 5.78 Å². The highest BCUT2D eigenvalue weighted by molar-refractivity contribution is 5.82. The van der Waals surface area contributed by atoms with Crippen LogP contribution in [-0.4, -0.2) is 38.5 Å².